The maximum atomic E-state index is 11.6. The Morgan fingerprint density at radius 2 is 2.30 bits per heavy atom. The van der Waals surface area contributed by atoms with Gasteiger partial charge in [0, 0.05) is 24.3 Å². The summed E-state index contributed by atoms with van der Waals surface area (Å²) in [6.07, 6.45) is 2.18. The molecule has 106 valence electrons. The van der Waals surface area contributed by atoms with Crippen LogP contribution in [0, 0.1) is 6.92 Å². The summed E-state index contributed by atoms with van der Waals surface area (Å²) in [6.45, 7) is 2.52. The summed E-state index contributed by atoms with van der Waals surface area (Å²) in [6, 6.07) is 3.58. The molecule has 0 saturated carbocycles. The van der Waals surface area contributed by atoms with Crippen LogP contribution in [0.2, 0.25) is 0 Å². The Kier molecular flexibility index (Phi) is 4.19. The Morgan fingerprint density at radius 3 is 2.95 bits per heavy atom. The van der Waals surface area contributed by atoms with Crippen molar-refractivity contribution in [2.24, 2.45) is 0 Å². The fourth-order valence-corrected chi connectivity index (χ4v) is 1.86. The van der Waals surface area contributed by atoms with E-state index < -0.39 is 5.97 Å². The lowest BCUT2D eigenvalue weighted by atomic mass is 10.1. The Bertz CT molecular complexity index is 595. The number of esters is 1. The number of nitrogens with two attached hydrogens (primary N) is 1. The third-order valence-electron chi connectivity index (χ3n) is 2.95. The lowest BCUT2D eigenvalue weighted by Gasteiger charge is -2.11. The van der Waals surface area contributed by atoms with Gasteiger partial charge in [-0.3, -0.25) is 5.10 Å². The van der Waals surface area contributed by atoms with Gasteiger partial charge < -0.3 is 15.8 Å². The molecule has 4 N–H and O–H groups in total. The van der Waals surface area contributed by atoms with Crippen molar-refractivity contribution in [3.8, 4) is 0 Å². The lowest BCUT2D eigenvalue weighted by Crippen LogP contribution is -2.10. The molecule has 0 aliphatic rings. The molecule has 7 heteroatoms. The highest BCUT2D eigenvalue weighted by Crippen LogP contribution is 2.23. The first-order valence-electron chi connectivity index (χ1n) is 6.18. The number of H-pyrrole nitrogens is 1. The van der Waals surface area contributed by atoms with Gasteiger partial charge in [-0.1, -0.05) is 0 Å². The molecule has 0 unspecified atom stereocenters. The number of hydrogen-bond donors (Lipinski definition) is 3. The number of methoxy groups -OCH3 is 1. The molecule has 20 heavy (non-hydrogen) atoms. The number of aryl methyl sites for hydroxylation is 1. The minimum Gasteiger partial charge on any atom is -0.465 e. The number of nitrogens with one attached hydrogen (secondary N) is 2. The molecule has 7 nitrogen and oxygen atoms in total. The molecular formula is C13H17N5O2. The third kappa shape index (κ3) is 3.05. The standard InChI is InChI=1S/C13H17N5O2/c1-8-5-9(6-10(12(8)14)13(19)20-2)15-4-3-11-16-7-17-18-11/h5-7,15H,3-4,14H2,1-2H3,(H,16,17,18). The third-order valence-corrected chi connectivity index (χ3v) is 2.95. The number of aromatic nitrogens is 3. The molecule has 0 aliphatic heterocycles. The lowest BCUT2D eigenvalue weighted by molar-refractivity contribution is 0.0602. The average Bonchev–Trinajstić information content (AvgIpc) is 2.95. The summed E-state index contributed by atoms with van der Waals surface area (Å²) >= 11 is 0. The molecule has 1 aromatic heterocycles. The smallest absolute Gasteiger partial charge is 0.340 e. The van der Waals surface area contributed by atoms with E-state index in [4.69, 9.17) is 10.5 Å². The fraction of sp³-hybridized carbons (Fsp3) is 0.308. The SMILES string of the molecule is COC(=O)c1cc(NCCc2ncn[nH]2)cc(C)c1N. The van der Waals surface area contributed by atoms with E-state index >= 15 is 0 Å². The monoisotopic (exact) mass is 275 g/mol. The molecule has 2 aromatic rings. The van der Waals surface area contributed by atoms with Gasteiger partial charge in [0.1, 0.15) is 12.2 Å². The molecule has 0 saturated heterocycles. The van der Waals surface area contributed by atoms with Gasteiger partial charge in [-0.25, -0.2) is 9.78 Å². The fourth-order valence-electron chi connectivity index (χ4n) is 1.86. The van der Waals surface area contributed by atoms with Gasteiger partial charge in [-0.05, 0) is 24.6 Å². The number of carbonyl (C=O) groups excluding carboxylic acids is 1. The zero-order valence-electron chi connectivity index (χ0n) is 11.4. The molecular weight excluding hydrogens is 258 g/mol. The van der Waals surface area contributed by atoms with Crippen molar-refractivity contribution < 1.29 is 9.53 Å². The van der Waals surface area contributed by atoms with E-state index in [0.717, 1.165) is 17.1 Å². The van der Waals surface area contributed by atoms with Crippen LogP contribution in [-0.2, 0) is 11.2 Å². The van der Waals surface area contributed by atoms with E-state index in [1.165, 1.54) is 13.4 Å². The molecule has 0 atom stereocenters. The molecule has 0 bridgehead atoms. The average molecular weight is 275 g/mol. The molecule has 0 fully saturated rings. The first-order valence-corrected chi connectivity index (χ1v) is 6.18. The van der Waals surface area contributed by atoms with Gasteiger partial charge in [0.05, 0.1) is 12.7 Å². The Morgan fingerprint density at radius 1 is 1.50 bits per heavy atom. The number of nitrogen functional groups attached to an aromatic ring is 1. The van der Waals surface area contributed by atoms with Crippen molar-refractivity contribution in [2.75, 3.05) is 24.7 Å². The number of rotatable bonds is 5. The summed E-state index contributed by atoms with van der Waals surface area (Å²) in [7, 11) is 1.33. The summed E-state index contributed by atoms with van der Waals surface area (Å²) in [4.78, 5) is 15.7. The van der Waals surface area contributed by atoms with Crippen LogP contribution in [0.25, 0.3) is 0 Å². The summed E-state index contributed by atoms with van der Waals surface area (Å²) < 4.78 is 4.72. The Labute approximate surface area is 116 Å². The zero-order chi connectivity index (χ0) is 14.5. The van der Waals surface area contributed by atoms with Crippen LogP contribution in [0.3, 0.4) is 0 Å². The van der Waals surface area contributed by atoms with E-state index in [2.05, 4.69) is 20.5 Å². The maximum Gasteiger partial charge on any atom is 0.340 e. The van der Waals surface area contributed by atoms with Crippen molar-refractivity contribution in [2.45, 2.75) is 13.3 Å². The van der Waals surface area contributed by atoms with Crippen molar-refractivity contribution in [3.05, 3.63) is 35.4 Å². The predicted molar refractivity (Wildman–Crippen MR) is 75.5 cm³/mol. The number of aromatic amines is 1. The molecule has 0 spiro atoms. The van der Waals surface area contributed by atoms with E-state index in [-0.39, 0.29) is 0 Å². The van der Waals surface area contributed by atoms with Crippen LogP contribution in [-0.4, -0.2) is 34.8 Å². The van der Waals surface area contributed by atoms with Crippen LogP contribution in [0.15, 0.2) is 18.5 Å². The predicted octanol–water partition coefficient (Wildman–Crippen LogP) is 1.14. The second kappa shape index (κ2) is 6.05. The molecule has 1 heterocycles. The van der Waals surface area contributed by atoms with Gasteiger partial charge in [0.25, 0.3) is 0 Å². The van der Waals surface area contributed by atoms with Crippen molar-refractivity contribution in [1.82, 2.24) is 15.2 Å². The molecule has 0 radical (unpaired) electrons. The van der Waals surface area contributed by atoms with E-state index in [1.807, 2.05) is 13.0 Å². The summed E-state index contributed by atoms with van der Waals surface area (Å²) in [5.74, 6) is 0.363. The second-order valence-corrected chi connectivity index (χ2v) is 4.35. The van der Waals surface area contributed by atoms with Crippen LogP contribution in [0.4, 0.5) is 11.4 Å². The quantitative estimate of drug-likeness (QED) is 0.558. The Balaban J connectivity index is 2.08. The highest BCUT2D eigenvalue weighted by Gasteiger charge is 2.13. The second-order valence-electron chi connectivity index (χ2n) is 4.35. The molecule has 0 amide bonds. The number of ether oxygens (including phenoxy) is 1. The van der Waals surface area contributed by atoms with Gasteiger partial charge in [0.15, 0.2) is 0 Å². The van der Waals surface area contributed by atoms with E-state index in [0.29, 0.717) is 24.2 Å². The van der Waals surface area contributed by atoms with E-state index in [9.17, 15) is 4.79 Å². The van der Waals surface area contributed by atoms with Crippen LogP contribution in [0.1, 0.15) is 21.7 Å². The summed E-state index contributed by atoms with van der Waals surface area (Å²) in [5.41, 5.74) is 8.34. The number of hydrogen-bond acceptors (Lipinski definition) is 6. The minimum absolute atomic E-state index is 0.370. The largest absolute Gasteiger partial charge is 0.465 e. The minimum atomic E-state index is -0.440. The first-order chi connectivity index (χ1) is 9.61. The molecule has 2 rings (SSSR count). The van der Waals surface area contributed by atoms with Gasteiger partial charge in [-0.2, -0.15) is 5.10 Å². The highest BCUT2D eigenvalue weighted by molar-refractivity contribution is 5.97. The number of benzene rings is 1. The van der Waals surface area contributed by atoms with Crippen LogP contribution in [0.5, 0.6) is 0 Å². The van der Waals surface area contributed by atoms with Crippen molar-refractivity contribution in [1.29, 1.82) is 0 Å². The zero-order valence-corrected chi connectivity index (χ0v) is 11.4. The van der Waals surface area contributed by atoms with E-state index in [1.54, 1.807) is 6.07 Å². The van der Waals surface area contributed by atoms with Gasteiger partial charge >= 0.3 is 5.97 Å². The molecule has 0 aliphatic carbocycles. The van der Waals surface area contributed by atoms with Crippen molar-refractivity contribution in [3.63, 3.8) is 0 Å². The number of carbonyl (C=O) groups is 1. The van der Waals surface area contributed by atoms with Crippen LogP contribution < -0.4 is 11.1 Å². The molecule has 1 aromatic carbocycles. The summed E-state index contributed by atoms with van der Waals surface area (Å²) in [5, 5.41) is 9.79. The number of anilines is 2. The van der Waals surface area contributed by atoms with Gasteiger partial charge in [-0.15, -0.1) is 0 Å². The first kappa shape index (κ1) is 13.9. The van der Waals surface area contributed by atoms with Gasteiger partial charge in [0.2, 0.25) is 0 Å². The highest BCUT2D eigenvalue weighted by atomic mass is 16.5. The number of nitrogens with zero attached hydrogens (tertiary/aromatic N) is 2. The Hall–Kier alpha value is -2.57. The normalized spacial score (nSPS) is 10.3. The van der Waals surface area contributed by atoms with Crippen molar-refractivity contribution >= 4 is 17.3 Å². The van der Waals surface area contributed by atoms with Crippen LogP contribution >= 0.6 is 0 Å². The maximum absolute atomic E-state index is 11.6. The topological polar surface area (TPSA) is 106 Å².